The Kier molecular flexibility index (Phi) is 3.76. The molecule has 2 rings (SSSR count). The third-order valence-electron chi connectivity index (χ3n) is 4.44. The summed E-state index contributed by atoms with van der Waals surface area (Å²) < 4.78 is 0. The van der Waals surface area contributed by atoms with Crippen LogP contribution in [0, 0.1) is 11.8 Å². The molecule has 3 heteroatoms. The molecule has 2 fully saturated rings. The molecule has 1 amide bonds. The Morgan fingerprint density at radius 2 is 1.88 bits per heavy atom. The molecule has 1 heterocycles. The van der Waals surface area contributed by atoms with E-state index in [1.807, 2.05) is 4.90 Å². The molecule has 0 unspecified atom stereocenters. The van der Waals surface area contributed by atoms with Crippen LogP contribution < -0.4 is 5.73 Å². The zero-order valence-electron chi connectivity index (χ0n) is 11.2. The zero-order chi connectivity index (χ0) is 12.5. The fraction of sp³-hybridized carbons (Fsp3) is 0.929. The van der Waals surface area contributed by atoms with Gasteiger partial charge >= 0.3 is 0 Å². The van der Waals surface area contributed by atoms with E-state index in [2.05, 4.69) is 13.8 Å². The summed E-state index contributed by atoms with van der Waals surface area (Å²) in [4.78, 5) is 14.2. The van der Waals surface area contributed by atoms with Crippen molar-refractivity contribution in [1.29, 1.82) is 0 Å². The number of hydrogen-bond donors (Lipinski definition) is 1. The number of likely N-dealkylation sites (tertiary alicyclic amines) is 1. The Morgan fingerprint density at radius 1 is 1.29 bits per heavy atom. The van der Waals surface area contributed by atoms with Crippen LogP contribution in [0.25, 0.3) is 0 Å². The monoisotopic (exact) mass is 238 g/mol. The van der Waals surface area contributed by atoms with Gasteiger partial charge in [-0.2, -0.15) is 0 Å². The number of amides is 1. The Balaban J connectivity index is 1.79. The van der Waals surface area contributed by atoms with Crippen LogP contribution in [-0.4, -0.2) is 29.4 Å². The first-order chi connectivity index (χ1) is 8.04. The lowest BCUT2D eigenvalue weighted by molar-refractivity contribution is -0.144. The number of rotatable bonds is 3. The largest absolute Gasteiger partial charge is 0.339 e. The summed E-state index contributed by atoms with van der Waals surface area (Å²) in [5.41, 5.74) is 6.12. The first-order valence-corrected chi connectivity index (χ1v) is 7.12. The standard InChI is InChI=1S/C14H26N2O/c1-3-8-14(15)9-16(10-14)13(17)12-6-4-11(2)5-7-12/h11-12H,3-10,15H2,1-2H3. The van der Waals surface area contributed by atoms with Crippen LogP contribution in [0.4, 0.5) is 0 Å². The first-order valence-electron chi connectivity index (χ1n) is 7.12. The first kappa shape index (κ1) is 12.9. The molecule has 1 aliphatic heterocycles. The van der Waals surface area contributed by atoms with Crippen molar-refractivity contribution in [2.75, 3.05) is 13.1 Å². The van der Waals surface area contributed by atoms with Crippen LogP contribution in [0.3, 0.4) is 0 Å². The van der Waals surface area contributed by atoms with Gasteiger partial charge in [0.05, 0.1) is 5.54 Å². The number of nitrogens with two attached hydrogens (primary N) is 1. The molecular formula is C14H26N2O. The van der Waals surface area contributed by atoms with E-state index in [1.54, 1.807) is 0 Å². The average molecular weight is 238 g/mol. The van der Waals surface area contributed by atoms with Crippen molar-refractivity contribution < 1.29 is 4.79 Å². The summed E-state index contributed by atoms with van der Waals surface area (Å²) in [6.45, 7) is 6.01. The number of nitrogens with zero attached hydrogens (tertiary/aromatic N) is 1. The van der Waals surface area contributed by atoms with E-state index in [4.69, 9.17) is 5.73 Å². The van der Waals surface area contributed by atoms with Crippen LogP contribution in [0.5, 0.6) is 0 Å². The van der Waals surface area contributed by atoms with E-state index in [0.29, 0.717) is 5.91 Å². The molecule has 0 radical (unpaired) electrons. The molecule has 0 spiro atoms. The van der Waals surface area contributed by atoms with Gasteiger partial charge in [-0.25, -0.2) is 0 Å². The highest BCUT2D eigenvalue weighted by atomic mass is 16.2. The molecule has 1 saturated heterocycles. The van der Waals surface area contributed by atoms with Gasteiger partial charge in [-0.05, 0) is 38.0 Å². The van der Waals surface area contributed by atoms with Crippen LogP contribution in [0.1, 0.15) is 52.4 Å². The Bertz CT molecular complexity index is 276. The van der Waals surface area contributed by atoms with Gasteiger partial charge in [0.15, 0.2) is 0 Å². The molecule has 3 nitrogen and oxygen atoms in total. The zero-order valence-corrected chi connectivity index (χ0v) is 11.2. The van der Waals surface area contributed by atoms with Gasteiger partial charge < -0.3 is 10.6 Å². The molecule has 0 aromatic carbocycles. The Morgan fingerprint density at radius 3 is 2.41 bits per heavy atom. The third kappa shape index (κ3) is 2.82. The molecule has 1 aliphatic carbocycles. The highest BCUT2D eigenvalue weighted by molar-refractivity contribution is 5.80. The number of carbonyl (C=O) groups is 1. The van der Waals surface area contributed by atoms with Gasteiger partial charge in [0.2, 0.25) is 5.91 Å². The second kappa shape index (κ2) is 4.97. The summed E-state index contributed by atoms with van der Waals surface area (Å²) in [7, 11) is 0. The highest BCUT2D eigenvalue weighted by Crippen LogP contribution is 2.32. The van der Waals surface area contributed by atoms with Gasteiger partial charge in [-0.3, -0.25) is 4.79 Å². The van der Waals surface area contributed by atoms with E-state index < -0.39 is 0 Å². The lowest BCUT2D eigenvalue weighted by Gasteiger charge is -2.49. The summed E-state index contributed by atoms with van der Waals surface area (Å²) in [6.07, 6.45) is 6.75. The number of hydrogen-bond acceptors (Lipinski definition) is 2. The average Bonchev–Trinajstić information content (AvgIpc) is 2.26. The minimum Gasteiger partial charge on any atom is -0.339 e. The maximum atomic E-state index is 12.2. The molecule has 2 N–H and O–H groups in total. The van der Waals surface area contributed by atoms with E-state index in [0.717, 1.165) is 44.7 Å². The minimum atomic E-state index is -0.0770. The number of carbonyl (C=O) groups excluding carboxylic acids is 1. The van der Waals surface area contributed by atoms with E-state index >= 15 is 0 Å². The third-order valence-corrected chi connectivity index (χ3v) is 4.44. The summed E-state index contributed by atoms with van der Waals surface area (Å²) >= 11 is 0. The van der Waals surface area contributed by atoms with Gasteiger partial charge in [0.1, 0.15) is 0 Å². The topological polar surface area (TPSA) is 46.3 Å². The summed E-state index contributed by atoms with van der Waals surface area (Å²) in [5.74, 6) is 1.47. The smallest absolute Gasteiger partial charge is 0.225 e. The lowest BCUT2D eigenvalue weighted by Crippen LogP contribution is -2.69. The van der Waals surface area contributed by atoms with E-state index in [-0.39, 0.29) is 11.5 Å². The Labute approximate surface area is 105 Å². The maximum Gasteiger partial charge on any atom is 0.225 e. The van der Waals surface area contributed by atoms with Crippen molar-refractivity contribution in [3.8, 4) is 0 Å². The predicted molar refractivity (Wildman–Crippen MR) is 69.5 cm³/mol. The minimum absolute atomic E-state index is 0.0770. The molecule has 0 aromatic rings. The van der Waals surface area contributed by atoms with Gasteiger partial charge in [0, 0.05) is 19.0 Å². The van der Waals surface area contributed by atoms with Gasteiger partial charge in [-0.15, -0.1) is 0 Å². The molecule has 98 valence electrons. The second-order valence-electron chi connectivity index (χ2n) is 6.26. The van der Waals surface area contributed by atoms with Crippen molar-refractivity contribution >= 4 is 5.91 Å². The molecule has 0 atom stereocenters. The summed E-state index contributed by atoms with van der Waals surface area (Å²) in [6, 6.07) is 0. The predicted octanol–water partition coefficient (Wildman–Crippen LogP) is 2.15. The molecule has 0 bridgehead atoms. The fourth-order valence-corrected chi connectivity index (χ4v) is 3.29. The molecular weight excluding hydrogens is 212 g/mol. The van der Waals surface area contributed by atoms with Gasteiger partial charge in [0.25, 0.3) is 0 Å². The maximum absolute atomic E-state index is 12.2. The van der Waals surface area contributed by atoms with Crippen molar-refractivity contribution in [2.45, 2.75) is 57.9 Å². The van der Waals surface area contributed by atoms with Crippen LogP contribution in [0.15, 0.2) is 0 Å². The second-order valence-corrected chi connectivity index (χ2v) is 6.26. The van der Waals surface area contributed by atoms with Crippen LogP contribution >= 0.6 is 0 Å². The van der Waals surface area contributed by atoms with Crippen molar-refractivity contribution in [3.63, 3.8) is 0 Å². The fourth-order valence-electron chi connectivity index (χ4n) is 3.29. The molecule has 2 aliphatic rings. The summed E-state index contributed by atoms with van der Waals surface area (Å²) in [5, 5.41) is 0. The van der Waals surface area contributed by atoms with Gasteiger partial charge in [-0.1, -0.05) is 20.3 Å². The van der Waals surface area contributed by atoms with Crippen molar-refractivity contribution in [3.05, 3.63) is 0 Å². The van der Waals surface area contributed by atoms with E-state index in [1.165, 1.54) is 12.8 Å². The molecule has 0 aromatic heterocycles. The van der Waals surface area contributed by atoms with Crippen molar-refractivity contribution in [2.24, 2.45) is 17.6 Å². The lowest BCUT2D eigenvalue weighted by atomic mass is 9.80. The van der Waals surface area contributed by atoms with Crippen LogP contribution in [-0.2, 0) is 4.79 Å². The van der Waals surface area contributed by atoms with E-state index in [9.17, 15) is 4.79 Å². The molecule has 17 heavy (non-hydrogen) atoms. The van der Waals surface area contributed by atoms with Crippen molar-refractivity contribution in [1.82, 2.24) is 4.90 Å². The highest BCUT2D eigenvalue weighted by Gasteiger charge is 2.43. The molecule has 1 saturated carbocycles. The Hall–Kier alpha value is -0.570. The SMILES string of the molecule is CCCC1(N)CN(C(=O)C2CCC(C)CC2)C1. The quantitative estimate of drug-likeness (QED) is 0.819. The normalized spacial score (nSPS) is 32.1. The van der Waals surface area contributed by atoms with Crippen LogP contribution in [0.2, 0.25) is 0 Å².